The summed E-state index contributed by atoms with van der Waals surface area (Å²) in [5, 5.41) is 11.6. The van der Waals surface area contributed by atoms with Gasteiger partial charge >= 0.3 is 11.9 Å². The van der Waals surface area contributed by atoms with Gasteiger partial charge in [0.25, 0.3) is 0 Å². The molecule has 1 heterocycles. The van der Waals surface area contributed by atoms with Crippen LogP contribution in [-0.4, -0.2) is 24.2 Å². The van der Waals surface area contributed by atoms with E-state index in [0.29, 0.717) is 48.0 Å². The number of rotatable bonds is 11. The van der Waals surface area contributed by atoms with Gasteiger partial charge in [-0.05, 0) is 37.5 Å². The molecule has 0 amide bonds. The number of carbonyl (C=O) groups is 2. The molecule has 1 N–H and O–H groups in total. The van der Waals surface area contributed by atoms with Crippen LogP contribution in [-0.2, 0) is 22.4 Å². The summed E-state index contributed by atoms with van der Waals surface area (Å²) < 4.78 is 22.9. The lowest BCUT2D eigenvalue weighted by atomic mass is 9.95. The highest BCUT2D eigenvalue weighted by Gasteiger charge is 2.26. The van der Waals surface area contributed by atoms with E-state index in [9.17, 15) is 19.5 Å². The first-order chi connectivity index (χ1) is 18.0. The van der Waals surface area contributed by atoms with Crippen LogP contribution < -0.4 is 19.6 Å². The maximum absolute atomic E-state index is 14.0. The smallest absolute Gasteiger partial charge is 0.311 e. The molecular weight excluding hydrogens is 488 g/mol. The molecule has 0 saturated carbocycles. The molecule has 0 spiro atoms. The van der Waals surface area contributed by atoms with Crippen LogP contribution >= 0.6 is 0 Å². The van der Waals surface area contributed by atoms with Crippen LogP contribution in [0, 0.1) is 11.8 Å². The molecule has 0 radical (unpaired) electrons. The molecule has 2 aromatic carbocycles. The van der Waals surface area contributed by atoms with E-state index in [4.69, 9.17) is 18.6 Å². The Morgan fingerprint density at radius 3 is 1.87 bits per heavy atom. The van der Waals surface area contributed by atoms with Gasteiger partial charge in [0.15, 0.2) is 11.5 Å². The topological polar surface area (TPSA) is 112 Å². The quantitative estimate of drug-likeness (QED) is 0.172. The molecule has 1 aromatic heterocycles. The van der Waals surface area contributed by atoms with Crippen molar-refractivity contribution in [2.45, 2.75) is 80.1 Å². The van der Waals surface area contributed by atoms with Gasteiger partial charge in [-0.25, -0.2) is 0 Å². The van der Waals surface area contributed by atoms with E-state index in [1.807, 2.05) is 13.8 Å². The predicted octanol–water partition coefficient (Wildman–Crippen LogP) is 6.47. The van der Waals surface area contributed by atoms with Crippen LogP contribution in [0.3, 0.4) is 0 Å². The van der Waals surface area contributed by atoms with Gasteiger partial charge in [-0.15, -0.1) is 0 Å². The van der Waals surface area contributed by atoms with Crippen molar-refractivity contribution < 1.29 is 33.3 Å². The maximum Gasteiger partial charge on any atom is 0.311 e. The Morgan fingerprint density at radius 2 is 1.34 bits per heavy atom. The molecule has 0 aliphatic heterocycles. The van der Waals surface area contributed by atoms with Gasteiger partial charge in [0.1, 0.15) is 28.1 Å². The summed E-state index contributed by atoms with van der Waals surface area (Å²) in [4.78, 5) is 38.3. The highest BCUT2D eigenvalue weighted by atomic mass is 16.6. The summed E-state index contributed by atoms with van der Waals surface area (Å²) in [6, 6.07) is 2.94. The number of phenols is 1. The minimum Gasteiger partial charge on any atom is -0.507 e. The molecule has 8 heteroatoms. The number of hydrogen-bond acceptors (Lipinski definition) is 8. The first-order valence-corrected chi connectivity index (χ1v) is 13.3. The molecule has 0 fully saturated rings. The van der Waals surface area contributed by atoms with Crippen LogP contribution in [0.2, 0.25) is 0 Å². The number of carbonyl (C=O) groups excluding carboxylic acids is 2. The fourth-order valence-corrected chi connectivity index (χ4v) is 4.33. The number of hydrogen-bond donors (Lipinski definition) is 1. The molecule has 0 saturated heterocycles. The molecule has 0 bridgehead atoms. The van der Waals surface area contributed by atoms with Crippen molar-refractivity contribution in [2.75, 3.05) is 7.11 Å². The second kappa shape index (κ2) is 12.3. The Labute approximate surface area is 222 Å². The number of fused-ring (bicyclic) bond motifs is 2. The highest BCUT2D eigenvalue weighted by molar-refractivity contribution is 5.98. The first kappa shape index (κ1) is 29.0. The van der Waals surface area contributed by atoms with Gasteiger partial charge in [-0.3, -0.25) is 14.4 Å². The minimum absolute atomic E-state index is 0.0127. The second-order valence-corrected chi connectivity index (χ2v) is 10.3. The van der Waals surface area contributed by atoms with E-state index >= 15 is 0 Å². The molecule has 206 valence electrons. The fourth-order valence-electron chi connectivity index (χ4n) is 4.33. The van der Waals surface area contributed by atoms with Crippen molar-refractivity contribution in [1.29, 1.82) is 0 Å². The Hall–Kier alpha value is -3.55. The van der Waals surface area contributed by atoms with Gasteiger partial charge < -0.3 is 23.7 Å². The van der Waals surface area contributed by atoms with Gasteiger partial charge in [-0.1, -0.05) is 41.5 Å². The molecule has 3 rings (SSSR count). The summed E-state index contributed by atoms with van der Waals surface area (Å²) in [6.07, 6.45) is 2.65. The second-order valence-electron chi connectivity index (χ2n) is 10.3. The van der Waals surface area contributed by atoms with Crippen LogP contribution in [0.1, 0.15) is 78.4 Å². The lowest BCUT2D eigenvalue weighted by Crippen LogP contribution is -2.13. The Balaban J connectivity index is 2.42. The van der Waals surface area contributed by atoms with Gasteiger partial charge in [0.05, 0.1) is 12.5 Å². The number of aryl methyl sites for hydroxylation is 1. The highest BCUT2D eigenvalue weighted by Crippen LogP contribution is 2.42. The predicted molar refractivity (Wildman–Crippen MR) is 146 cm³/mol. The van der Waals surface area contributed by atoms with Gasteiger partial charge in [-0.2, -0.15) is 0 Å². The van der Waals surface area contributed by atoms with Crippen molar-refractivity contribution in [1.82, 2.24) is 0 Å². The van der Waals surface area contributed by atoms with Crippen molar-refractivity contribution in [3.8, 4) is 23.0 Å². The third-order valence-electron chi connectivity index (χ3n) is 6.48. The summed E-state index contributed by atoms with van der Waals surface area (Å²) in [6.45, 7) is 11.6. The summed E-state index contributed by atoms with van der Waals surface area (Å²) in [5.41, 5.74) is 0.771. The zero-order valence-electron chi connectivity index (χ0n) is 23.4. The SMILES string of the molecule is CCC(=O)Oc1cc2oc3cc(OC(=O)CC)c(OC)c(CCC(C)C)c3c(=O)c2c(O)c1CCC(C)C. The average molecular weight is 527 g/mol. The normalized spacial score (nSPS) is 11.5. The van der Waals surface area contributed by atoms with Crippen LogP contribution in [0.4, 0.5) is 0 Å². The number of aromatic hydroxyl groups is 1. The van der Waals surface area contributed by atoms with Crippen molar-refractivity contribution in [3.63, 3.8) is 0 Å². The van der Waals surface area contributed by atoms with E-state index in [1.54, 1.807) is 13.8 Å². The largest absolute Gasteiger partial charge is 0.507 e. The molecule has 38 heavy (non-hydrogen) atoms. The lowest BCUT2D eigenvalue weighted by molar-refractivity contribution is -0.135. The Morgan fingerprint density at radius 1 is 0.842 bits per heavy atom. The molecular formula is C30H38O8. The van der Waals surface area contributed by atoms with E-state index in [0.717, 1.165) is 6.42 Å². The summed E-state index contributed by atoms with van der Waals surface area (Å²) >= 11 is 0. The third kappa shape index (κ3) is 6.11. The number of ether oxygens (including phenoxy) is 3. The van der Waals surface area contributed by atoms with E-state index in [2.05, 4.69) is 13.8 Å². The molecule has 0 aliphatic carbocycles. The standard InChI is InChI=1S/C30H38O8/c1-8-24(31)37-20-14-22-27(28(33)18(20)12-10-16(3)4)29(34)26-19(13-11-17(5)6)30(35-7)23(15-21(26)36-22)38-25(32)9-2/h14-17,33H,8-13H2,1-7H3. The van der Waals surface area contributed by atoms with Crippen LogP contribution in [0.25, 0.3) is 21.9 Å². The molecule has 3 aromatic rings. The molecule has 0 aliphatic rings. The van der Waals surface area contributed by atoms with Crippen molar-refractivity contribution in [2.24, 2.45) is 11.8 Å². The fraction of sp³-hybridized carbons (Fsp3) is 0.500. The molecule has 8 nitrogen and oxygen atoms in total. The van der Waals surface area contributed by atoms with E-state index in [1.165, 1.54) is 19.2 Å². The zero-order valence-corrected chi connectivity index (χ0v) is 23.4. The molecule has 0 atom stereocenters. The monoisotopic (exact) mass is 526 g/mol. The van der Waals surface area contributed by atoms with Gasteiger partial charge in [0.2, 0.25) is 5.43 Å². The minimum atomic E-state index is -0.466. The van der Waals surface area contributed by atoms with E-state index < -0.39 is 17.4 Å². The Bertz CT molecular complexity index is 1400. The van der Waals surface area contributed by atoms with E-state index in [-0.39, 0.29) is 52.0 Å². The number of phenolic OH excluding ortho intramolecular Hbond substituents is 1. The molecule has 0 unspecified atom stereocenters. The number of esters is 2. The van der Waals surface area contributed by atoms with Crippen LogP contribution in [0.5, 0.6) is 23.0 Å². The summed E-state index contributed by atoms with van der Waals surface area (Å²) in [5.74, 6) is 0.0844. The Kier molecular flexibility index (Phi) is 9.41. The van der Waals surface area contributed by atoms with Gasteiger partial charge in [0, 0.05) is 36.1 Å². The number of benzene rings is 2. The van der Waals surface area contributed by atoms with Crippen LogP contribution in [0.15, 0.2) is 21.3 Å². The third-order valence-corrected chi connectivity index (χ3v) is 6.48. The summed E-state index contributed by atoms with van der Waals surface area (Å²) in [7, 11) is 1.46. The average Bonchev–Trinajstić information content (AvgIpc) is 2.86. The van der Waals surface area contributed by atoms with Crippen molar-refractivity contribution in [3.05, 3.63) is 33.5 Å². The van der Waals surface area contributed by atoms with Crippen molar-refractivity contribution >= 4 is 33.9 Å². The lowest BCUT2D eigenvalue weighted by Gasteiger charge is -2.18. The zero-order chi connectivity index (χ0) is 28.1. The number of methoxy groups -OCH3 is 1. The maximum atomic E-state index is 14.0. The first-order valence-electron chi connectivity index (χ1n) is 13.3.